The molecule has 1 aromatic rings. The van der Waals surface area contributed by atoms with Crippen LogP contribution in [-0.2, 0) is 4.74 Å². The molecule has 0 amide bonds. The zero-order valence-corrected chi connectivity index (χ0v) is 8.88. The van der Waals surface area contributed by atoms with Crippen molar-refractivity contribution in [3.8, 4) is 5.75 Å². The zero-order valence-electron chi connectivity index (χ0n) is 8.88. The molecule has 7 heteroatoms. The molecular weight excluding hydrogens is 239 g/mol. The zero-order chi connectivity index (χ0) is 13.1. The molecule has 0 saturated heterocycles. The topological polar surface area (TPSA) is 61.5 Å². The highest BCUT2D eigenvalue weighted by molar-refractivity contribution is 5.90. The molecule has 0 fully saturated rings. The van der Waals surface area contributed by atoms with Crippen LogP contribution in [0, 0.1) is 0 Å². The van der Waals surface area contributed by atoms with Gasteiger partial charge in [0.1, 0.15) is 5.75 Å². The maximum Gasteiger partial charge on any atom is 0.422 e. The Kier molecular flexibility index (Phi) is 3.82. The molecule has 0 heterocycles. The van der Waals surface area contributed by atoms with E-state index < -0.39 is 18.8 Å². The van der Waals surface area contributed by atoms with Gasteiger partial charge in [-0.2, -0.15) is 13.2 Å². The van der Waals surface area contributed by atoms with Crippen LogP contribution in [0.15, 0.2) is 18.2 Å². The third kappa shape index (κ3) is 3.86. The monoisotopic (exact) mass is 249 g/mol. The van der Waals surface area contributed by atoms with Crippen LogP contribution in [0.2, 0.25) is 0 Å². The van der Waals surface area contributed by atoms with Gasteiger partial charge in [0.2, 0.25) is 0 Å². The van der Waals surface area contributed by atoms with Gasteiger partial charge in [-0.25, -0.2) is 4.79 Å². The molecule has 1 aromatic carbocycles. The minimum Gasteiger partial charge on any atom is -0.495 e. The maximum absolute atomic E-state index is 11.8. The summed E-state index contributed by atoms with van der Waals surface area (Å²) in [5.41, 5.74) is 5.71. The predicted octanol–water partition coefficient (Wildman–Crippen LogP) is 2.00. The summed E-state index contributed by atoms with van der Waals surface area (Å²) >= 11 is 0. The van der Waals surface area contributed by atoms with Gasteiger partial charge in [-0.1, -0.05) is 0 Å². The third-order valence-corrected chi connectivity index (χ3v) is 1.84. The highest BCUT2D eigenvalue weighted by Crippen LogP contribution is 2.23. The van der Waals surface area contributed by atoms with E-state index in [-0.39, 0.29) is 17.0 Å². The van der Waals surface area contributed by atoms with Crippen LogP contribution in [0.1, 0.15) is 10.4 Å². The summed E-state index contributed by atoms with van der Waals surface area (Å²) in [7, 11) is 1.33. The number of anilines is 1. The second kappa shape index (κ2) is 4.94. The number of nitrogens with two attached hydrogens (primary N) is 1. The average Bonchev–Trinajstić information content (AvgIpc) is 2.25. The first-order valence-electron chi connectivity index (χ1n) is 4.51. The Labute approximate surface area is 95.1 Å². The number of esters is 1. The molecule has 0 aliphatic heterocycles. The Bertz CT molecular complexity index is 418. The summed E-state index contributed by atoms with van der Waals surface area (Å²) in [6, 6.07) is 3.83. The molecule has 17 heavy (non-hydrogen) atoms. The fourth-order valence-corrected chi connectivity index (χ4v) is 1.07. The lowest BCUT2D eigenvalue weighted by Crippen LogP contribution is -2.20. The summed E-state index contributed by atoms with van der Waals surface area (Å²) in [5, 5.41) is 0. The number of carbonyl (C=O) groups is 1. The lowest BCUT2D eigenvalue weighted by molar-refractivity contribution is -0.161. The van der Waals surface area contributed by atoms with Crippen molar-refractivity contribution < 1.29 is 27.4 Å². The number of nitrogen functional groups attached to an aromatic ring is 1. The van der Waals surface area contributed by atoms with Gasteiger partial charge in [0.05, 0.1) is 18.4 Å². The Hall–Kier alpha value is -1.92. The van der Waals surface area contributed by atoms with E-state index in [1.54, 1.807) is 0 Å². The van der Waals surface area contributed by atoms with E-state index >= 15 is 0 Å². The summed E-state index contributed by atoms with van der Waals surface area (Å²) in [4.78, 5) is 11.3. The summed E-state index contributed by atoms with van der Waals surface area (Å²) in [5.74, 6) is -0.882. The first-order valence-corrected chi connectivity index (χ1v) is 4.51. The number of ether oxygens (including phenoxy) is 2. The molecule has 94 valence electrons. The molecule has 0 bridgehead atoms. The van der Waals surface area contributed by atoms with E-state index in [0.717, 1.165) is 0 Å². The summed E-state index contributed by atoms with van der Waals surface area (Å²) in [6.45, 7) is -1.63. The van der Waals surface area contributed by atoms with E-state index in [0.29, 0.717) is 0 Å². The van der Waals surface area contributed by atoms with Crippen molar-refractivity contribution in [3.05, 3.63) is 23.8 Å². The van der Waals surface area contributed by atoms with Crippen molar-refractivity contribution in [3.63, 3.8) is 0 Å². The van der Waals surface area contributed by atoms with Crippen molar-refractivity contribution in [2.45, 2.75) is 6.18 Å². The molecule has 0 aromatic heterocycles. The van der Waals surface area contributed by atoms with Crippen LogP contribution < -0.4 is 10.5 Å². The fraction of sp³-hybridized carbons (Fsp3) is 0.300. The molecule has 0 spiro atoms. The second-order valence-electron chi connectivity index (χ2n) is 3.15. The lowest BCUT2D eigenvalue weighted by atomic mass is 10.2. The molecule has 4 nitrogen and oxygen atoms in total. The van der Waals surface area contributed by atoms with Gasteiger partial charge in [0.15, 0.2) is 6.61 Å². The van der Waals surface area contributed by atoms with Gasteiger partial charge in [-0.05, 0) is 18.2 Å². The van der Waals surface area contributed by atoms with Gasteiger partial charge in [-0.3, -0.25) is 0 Å². The molecule has 1 rings (SSSR count). The van der Waals surface area contributed by atoms with E-state index in [9.17, 15) is 18.0 Å². The molecule has 0 atom stereocenters. The van der Waals surface area contributed by atoms with Gasteiger partial charge < -0.3 is 15.2 Å². The van der Waals surface area contributed by atoms with Gasteiger partial charge in [-0.15, -0.1) is 0 Å². The summed E-state index contributed by atoms with van der Waals surface area (Å²) < 4.78 is 44.4. The van der Waals surface area contributed by atoms with Crippen molar-refractivity contribution in [2.75, 3.05) is 19.5 Å². The molecular formula is C10H10F3NO3. The van der Waals surface area contributed by atoms with Gasteiger partial charge >= 0.3 is 12.1 Å². The summed E-state index contributed by atoms with van der Waals surface area (Å²) in [6.07, 6.45) is -4.55. The SMILES string of the molecule is COc1cc(C(=O)OCC(F)(F)F)ccc1N. The van der Waals surface area contributed by atoms with E-state index in [1.807, 2.05) is 0 Å². The number of rotatable bonds is 3. The number of methoxy groups -OCH3 is 1. The standard InChI is InChI=1S/C10H10F3NO3/c1-16-8-4-6(2-3-7(8)14)9(15)17-5-10(11,12)13/h2-4H,5,14H2,1H3. The molecule has 0 aliphatic rings. The van der Waals surface area contributed by atoms with E-state index in [4.69, 9.17) is 10.5 Å². The van der Waals surface area contributed by atoms with Crippen molar-refractivity contribution in [1.82, 2.24) is 0 Å². The molecule has 0 radical (unpaired) electrons. The number of alkyl halides is 3. The van der Waals surface area contributed by atoms with Crippen LogP contribution in [-0.4, -0.2) is 25.9 Å². The Morgan fingerprint density at radius 1 is 1.41 bits per heavy atom. The average molecular weight is 249 g/mol. The van der Waals surface area contributed by atoms with Crippen molar-refractivity contribution >= 4 is 11.7 Å². The lowest BCUT2D eigenvalue weighted by Gasteiger charge is -2.09. The number of hydrogen-bond donors (Lipinski definition) is 1. The van der Waals surface area contributed by atoms with Crippen LogP contribution >= 0.6 is 0 Å². The number of benzene rings is 1. The van der Waals surface area contributed by atoms with E-state index in [1.165, 1.54) is 25.3 Å². The fourth-order valence-electron chi connectivity index (χ4n) is 1.07. The highest BCUT2D eigenvalue weighted by Gasteiger charge is 2.29. The molecule has 0 saturated carbocycles. The smallest absolute Gasteiger partial charge is 0.422 e. The van der Waals surface area contributed by atoms with Crippen LogP contribution in [0.5, 0.6) is 5.75 Å². The highest BCUT2D eigenvalue weighted by atomic mass is 19.4. The van der Waals surface area contributed by atoms with E-state index in [2.05, 4.69) is 4.74 Å². The van der Waals surface area contributed by atoms with Crippen molar-refractivity contribution in [1.29, 1.82) is 0 Å². The Morgan fingerprint density at radius 3 is 2.59 bits per heavy atom. The Morgan fingerprint density at radius 2 is 2.06 bits per heavy atom. The Balaban J connectivity index is 2.76. The van der Waals surface area contributed by atoms with Crippen molar-refractivity contribution in [2.24, 2.45) is 0 Å². The van der Waals surface area contributed by atoms with Gasteiger partial charge in [0, 0.05) is 0 Å². The molecule has 0 unspecified atom stereocenters. The van der Waals surface area contributed by atoms with Crippen LogP contribution in [0.3, 0.4) is 0 Å². The van der Waals surface area contributed by atoms with Crippen LogP contribution in [0.25, 0.3) is 0 Å². The predicted molar refractivity (Wildman–Crippen MR) is 53.7 cm³/mol. The first-order chi connectivity index (χ1) is 7.83. The maximum atomic E-state index is 11.8. The molecule has 2 N–H and O–H groups in total. The van der Waals surface area contributed by atoms with Crippen LogP contribution in [0.4, 0.5) is 18.9 Å². The second-order valence-corrected chi connectivity index (χ2v) is 3.15. The number of hydrogen-bond acceptors (Lipinski definition) is 4. The van der Waals surface area contributed by atoms with Gasteiger partial charge in [0.25, 0.3) is 0 Å². The minimum atomic E-state index is -4.55. The normalized spacial score (nSPS) is 11.1. The largest absolute Gasteiger partial charge is 0.495 e. The third-order valence-electron chi connectivity index (χ3n) is 1.84. The minimum absolute atomic E-state index is 0.0553. The molecule has 0 aliphatic carbocycles. The first kappa shape index (κ1) is 13.1. The number of halogens is 3. The quantitative estimate of drug-likeness (QED) is 0.657. The number of carbonyl (C=O) groups excluding carboxylic acids is 1.